The van der Waals surface area contributed by atoms with E-state index in [0.717, 1.165) is 31.2 Å². The standard InChI is InChI=1S/C13H21ClN4/c1-2-10-3-4-18(12(5-10)6-15)9-11-7-17-13(14)8-16-11/h7-8,10,12H,2-6,9,15H2,1H3. The van der Waals surface area contributed by atoms with Gasteiger partial charge in [0.15, 0.2) is 0 Å². The Kier molecular flexibility index (Phi) is 4.92. The highest BCUT2D eigenvalue weighted by atomic mass is 35.5. The minimum absolute atomic E-state index is 0.443. The van der Waals surface area contributed by atoms with Gasteiger partial charge in [-0.2, -0.15) is 0 Å². The maximum atomic E-state index is 5.89. The number of nitrogens with two attached hydrogens (primary N) is 1. The Morgan fingerprint density at radius 1 is 1.44 bits per heavy atom. The van der Waals surface area contributed by atoms with Crippen LogP contribution in [0.15, 0.2) is 12.4 Å². The van der Waals surface area contributed by atoms with Crippen molar-refractivity contribution in [2.75, 3.05) is 13.1 Å². The fourth-order valence-electron chi connectivity index (χ4n) is 2.64. The molecule has 18 heavy (non-hydrogen) atoms. The van der Waals surface area contributed by atoms with E-state index in [9.17, 15) is 0 Å². The van der Waals surface area contributed by atoms with Gasteiger partial charge in [-0.1, -0.05) is 24.9 Å². The minimum atomic E-state index is 0.443. The van der Waals surface area contributed by atoms with Gasteiger partial charge < -0.3 is 5.73 Å². The molecule has 0 aliphatic carbocycles. The SMILES string of the molecule is CCC1CCN(Cc2cnc(Cl)cn2)C(CN)C1. The second kappa shape index (κ2) is 6.45. The smallest absolute Gasteiger partial charge is 0.147 e. The fourth-order valence-corrected chi connectivity index (χ4v) is 2.73. The van der Waals surface area contributed by atoms with E-state index >= 15 is 0 Å². The lowest BCUT2D eigenvalue weighted by atomic mass is 9.89. The normalized spacial score (nSPS) is 25.3. The Bertz CT molecular complexity index is 368. The van der Waals surface area contributed by atoms with Gasteiger partial charge in [0, 0.05) is 19.1 Å². The average molecular weight is 269 g/mol. The third kappa shape index (κ3) is 3.40. The van der Waals surface area contributed by atoms with Crippen LogP contribution < -0.4 is 5.73 Å². The number of piperidine rings is 1. The van der Waals surface area contributed by atoms with Crippen LogP contribution in [0.2, 0.25) is 5.15 Å². The highest BCUT2D eigenvalue weighted by Crippen LogP contribution is 2.25. The van der Waals surface area contributed by atoms with Crippen molar-refractivity contribution in [3.05, 3.63) is 23.2 Å². The fraction of sp³-hybridized carbons (Fsp3) is 0.692. The highest BCUT2D eigenvalue weighted by molar-refractivity contribution is 6.29. The predicted octanol–water partition coefficient (Wildman–Crippen LogP) is 2.08. The Morgan fingerprint density at radius 3 is 2.89 bits per heavy atom. The second-order valence-electron chi connectivity index (χ2n) is 4.99. The van der Waals surface area contributed by atoms with E-state index in [2.05, 4.69) is 21.8 Å². The van der Waals surface area contributed by atoms with E-state index < -0.39 is 0 Å². The van der Waals surface area contributed by atoms with Crippen molar-refractivity contribution in [1.29, 1.82) is 0 Å². The van der Waals surface area contributed by atoms with E-state index in [1.807, 2.05) is 0 Å². The van der Waals surface area contributed by atoms with Crippen LogP contribution in [-0.2, 0) is 6.54 Å². The van der Waals surface area contributed by atoms with Crippen LogP contribution in [0.5, 0.6) is 0 Å². The molecule has 100 valence electrons. The summed E-state index contributed by atoms with van der Waals surface area (Å²) in [6.07, 6.45) is 7.07. The number of hydrogen-bond acceptors (Lipinski definition) is 4. The molecule has 2 rings (SSSR count). The van der Waals surface area contributed by atoms with Gasteiger partial charge in [-0.25, -0.2) is 4.98 Å². The molecule has 2 unspecified atom stereocenters. The molecule has 0 spiro atoms. The lowest BCUT2D eigenvalue weighted by Gasteiger charge is -2.38. The van der Waals surface area contributed by atoms with Crippen LogP contribution in [0.3, 0.4) is 0 Å². The van der Waals surface area contributed by atoms with E-state index in [1.54, 1.807) is 12.4 Å². The maximum absolute atomic E-state index is 5.89. The molecule has 2 heterocycles. The Labute approximate surface area is 114 Å². The van der Waals surface area contributed by atoms with Crippen LogP contribution in [0.4, 0.5) is 0 Å². The summed E-state index contributed by atoms with van der Waals surface area (Å²) in [5, 5.41) is 0.443. The number of rotatable bonds is 4. The molecule has 1 aliphatic rings. The van der Waals surface area contributed by atoms with E-state index in [4.69, 9.17) is 17.3 Å². The third-order valence-corrected chi connectivity index (χ3v) is 4.03. The van der Waals surface area contributed by atoms with Crippen LogP contribution in [0.1, 0.15) is 31.9 Å². The van der Waals surface area contributed by atoms with E-state index in [0.29, 0.717) is 11.2 Å². The summed E-state index contributed by atoms with van der Waals surface area (Å²) in [5.41, 5.74) is 6.86. The molecule has 1 aliphatic heterocycles. The maximum Gasteiger partial charge on any atom is 0.147 e. The predicted molar refractivity (Wildman–Crippen MR) is 73.3 cm³/mol. The van der Waals surface area contributed by atoms with Gasteiger partial charge >= 0.3 is 0 Å². The van der Waals surface area contributed by atoms with Crippen molar-refractivity contribution in [2.45, 2.75) is 38.8 Å². The van der Waals surface area contributed by atoms with Gasteiger partial charge in [0.25, 0.3) is 0 Å². The first-order chi connectivity index (χ1) is 8.72. The molecule has 0 amide bonds. The number of halogens is 1. The zero-order chi connectivity index (χ0) is 13.0. The van der Waals surface area contributed by atoms with Crippen molar-refractivity contribution in [2.24, 2.45) is 11.7 Å². The summed E-state index contributed by atoms with van der Waals surface area (Å²) in [4.78, 5) is 10.8. The van der Waals surface area contributed by atoms with Gasteiger partial charge in [-0.05, 0) is 25.3 Å². The van der Waals surface area contributed by atoms with Crippen LogP contribution >= 0.6 is 11.6 Å². The van der Waals surface area contributed by atoms with Gasteiger partial charge in [0.05, 0.1) is 18.1 Å². The topological polar surface area (TPSA) is 55.0 Å². The molecule has 4 nitrogen and oxygen atoms in total. The summed E-state index contributed by atoms with van der Waals surface area (Å²) in [6, 6.07) is 0.473. The van der Waals surface area contributed by atoms with Crippen molar-refractivity contribution >= 4 is 11.6 Å². The largest absolute Gasteiger partial charge is 0.329 e. The van der Waals surface area contributed by atoms with Crippen LogP contribution in [0, 0.1) is 5.92 Å². The first-order valence-electron chi connectivity index (χ1n) is 6.63. The molecule has 0 radical (unpaired) electrons. The molecular formula is C13H21ClN4. The van der Waals surface area contributed by atoms with Crippen LogP contribution in [-0.4, -0.2) is 34.0 Å². The van der Waals surface area contributed by atoms with Crippen molar-refractivity contribution in [1.82, 2.24) is 14.9 Å². The summed E-state index contributed by atoms with van der Waals surface area (Å²) in [5.74, 6) is 0.825. The zero-order valence-corrected chi connectivity index (χ0v) is 11.6. The Balaban J connectivity index is 1.97. The summed E-state index contributed by atoms with van der Waals surface area (Å²) >= 11 is 5.74. The molecule has 2 atom stereocenters. The second-order valence-corrected chi connectivity index (χ2v) is 5.38. The molecule has 0 aromatic carbocycles. The lowest BCUT2D eigenvalue weighted by Crippen LogP contribution is -2.46. The van der Waals surface area contributed by atoms with Crippen LogP contribution in [0.25, 0.3) is 0 Å². The monoisotopic (exact) mass is 268 g/mol. The highest BCUT2D eigenvalue weighted by Gasteiger charge is 2.26. The molecule has 1 aromatic heterocycles. The molecule has 1 saturated heterocycles. The summed E-state index contributed by atoms with van der Waals surface area (Å²) in [6.45, 7) is 4.91. The zero-order valence-electron chi connectivity index (χ0n) is 10.8. The number of likely N-dealkylation sites (tertiary alicyclic amines) is 1. The van der Waals surface area contributed by atoms with Crippen molar-refractivity contribution in [3.63, 3.8) is 0 Å². The molecule has 1 aromatic rings. The molecule has 2 N–H and O–H groups in total. The van der Waals surface area contributed by atoms with Gasteiger partial charge in [0.1, 0.15) is 5.15 Å². The number of nitrogens with zero attached hydrogens (tertiary/aromatic N) is 3. The van der Waals surface area contributed by atoms with Gasteiger partial charge in [0.2, 0.25) is 0 Å². The quantitative estimate of drug-likeness (QED) is 0.908. The minimum Gasteiger partial charge on any atom is -0.329 e. The molecule has 5 heteroatoms. The van der Waals surface area contributed by atoms with E-state index in [-0.39, 0.29) is 0 Å². The molecule has 1 fully saturated rings. The summed E-state index contributed by atoms with van der Waals surface area (Å²) < 4.78 is 0. The number of hydrogen-bond donors (Lipinski definition) is 1. The lowest BCUT2D eigenvalue weighted by molar-refractivity contribution is 0.106. The first kappa shape index (κ1) is 13.7. The van der Waals surface area contributed by atoms with Gasteiger partial charge in [-0.3, -0.25) is 9.88 Å². The number of aromatic nitrogens is 2. The van der Waals surface area contributed by atoms with E-state index in [1.165, 1.54) is 19.3 Å². The first-order valence-corrected chi connectivity index (χ1v) is 7.01. The van der Waals surface area contributed by atoms with Gasteiger partial charge in [-0.15, -0.1) is 0 Å². The third-order valence-electron chi connectivity index (χ3n) is 3.83. The molecule has 0 bridgehead atoms. The molecule has 0 saturated carbocycles. The van der Waals surface area contributed by atoms with Crippen molar-refractivity contribution < 1.29 is 0 Å². The van der Waals surface area contributed by atoms with Crippen molar-refractivity contribution in [3.8, 4) is 0 Å². The summed E-state index contributed by atoms with van der Waals surface area (Å²) in [7, 11) is 0. The Morgan fingerprint density at radius 2 is 2.28 bits per heavy atom. The Hall–Kier alpha value is -0.710. The molecular weight excluding hydrogens is 248 g/mol. The average Bonchev–Trinajstić information content (AvgIpc) is 2.41.